The summed E-state index contributed by atoms with van der Waals surface area (Å²) in [6.07, 6.45) is 1.55. The summed E-state index contributed by atoms with van der Waals surface area (Å²) in [4.78, 5) is 16.6. The quantitative estimate of drug-likeness (QED) is 0.702. The van der Waals surface area contributed by atoms with Crippen molar-refractivity contribution >= 4 is 17.3 Å². The molecule has 0 fully saturated rings. The SMILES string of the molecule is COc1ccccc1CNC(=O)c1cc(Nc2ccccc2C#N)ccn1. The van der Waals surface area contributed by atoms with E-state index < -0.39 is 0 Å². The molecule has 3 aromatic rings. The van der Waals surface area contributed by atoms with E-state index in [-0.39, 0.29) is 11.6 Å². The second-order valence-electron chi connectivity index (χ2n) is 5.71. The first-order valence-electron chi connectivity index (χ1n) is 8.33. The van der Waals surface area contributed by atoms with Gasteiger partial charge in [-0.25, -0.2) is 0 Å². The molecule has 1 amide bonds. The van der Waals surface area contributed by atoms with Crippen LogP contribution < -0.4 is 15.4 Å². The molecule has 1 aromatic heterocycles. The van der Waals surface area contributed by atoms with Crippen LogP contribution in [0.4, 0.5) is 11.4 Å². The summed E-state index contributed by atoms with van der Waals surface area (Å²) < 4.78 is 5.29. The molecule has 0 radical (unpaired) electrons. The smallest absolute Gasteiger partial charge is 0.270 e. The lowest BCUT2D eigenvalue weighted by Crippen LogP contribution is -2.24. The molecule has 3 rings (SSSR count). The number of nitrogens with one attached hydrogen (secondary N) is 2. The Morgan fingerprint density at radius 2 is 1.93 bits per heavy atom. The van der Waals surface area contributed by atoms with E-state index in [4.69, 9.17) is 4.74 Å². The number of aromatic nitrogens is 1. The maximum Gasteiger partial charge on any atom is 0.270 e. The van der Waals surface area contributed by atoms with Crippen LogP contribution in [0.1, 0.15) is 21.6 Å². The third-order valence-electron chi connectivity index (χ3n) is 3.95. The number of amides is 1. The van der Waals surface area contributed by atoms with Gasteiger partial charge in [-0.2, -0.15) is 5.26 Å². The van der Waals surface area contributed by atoms with Crippen molar-refractivity contribution in [2.75, 3.05) is 12.4 Å². The van der Waals surface area contributed by atoms with Crippen molar-refractivity contribution in [1.29, 1.82) is 5.26 Å². The van der Waals surface area contributed by atoms with Gasteiger partial charge in [0.25, 0.3) is 5.91 Å². The highest BCUT2D eigenvalue weighted by Crippen LogP contribution is 2.21. The second kappa shape index (κ2) is 8.50. The van der Waals surface area contributed by atoms with E-state index in [1.54, 1.807) is 43.6 Å². The summed E-state index contributed by atoms with van der Waals surface area (Å²) in [5.74, 6) is 0.424. The third-order valence-corrected chi connectivity index (χ3v) is 3.95. The molecule has 6 nitrogen and oxygen atoms in total. The molecule has 1 heterocycles. The number of carbonyl (C=O) groups is 1. The molecule has 0 spiro atoms. The largest absolute Gasteiger partial charge is 0.496 e. The molecular formula is C21H18N4O2. The van der Waals surface area contributed by atoms with Gasteiger partial charge in [-0.05, 0) is 30.3 Å². The minimum Gasteiger partial charge on any atom is -0.496 e. The summed E-state index contributed by atoms with van der Waals surface area (Å²) in [5, 5.41) is 15.2. The predicted molar refractivity (Wildman–Crippen MR) is 103 cm³/mol. The van der Waals surface area contributed by atoms with Gasteiger partial charge in [0.1, 0.15) is 17.5 Å². The number of nitrogens with zero attached hydrogens (tertiary/aromatic N) is 2. The first-order valence-corrected chi connectivity index (χ1v) is 8.33. The maximum absolute atomic E-state index is 12.5. The van der Waals surface area contributed by atoms with Crippen LogP contribution in [0.15, 0.2) is 66.9 Å². The Morgan fingerprint density at radius 3 is 2.74 bits per heavy atom. The number of nitriles is 1. The Balaban J connectivity index is 1.71. The van der Waals surface area contributed by atoms with Gasteiger partial charge >= 0.3 is 0 Å². The molecule has 2 N–H and O–H groups in total. The summed E-state index contributed by atoms with van der Waals surface area (Å²) in [6.45, 7) is 0.333. The van der Waals surface area contributed by atoms with Gasteiger partial charge in [-0.15, -0.1) is 0 Å². The molecule has 0 unspecified atom stereocenters. The Morgan fingerprint density at radius 1 is 1.15 bits per heavy atom. The summed E-state index contributed by atoms with van der Waals surface area (Å²) in [5.41, 5.74) is 3.04. The highest BCUT2D eigenvalue weighted by Gasteiger charge is 2.10. The molecule has 0 aliphatic carbocycles. The van der Waals surface area contributed by atoms with E-state index in [2.05, 4.69) is 21.7 Å². The lowest BCUT2D eigenvalue weighted by atomic mass is 10.2. The standard InChI is InChI=1S/C21H18N4O2/c1-27-20-9-5-3-7-16(20)14-24-21(26)19-12-17(10-11-23-19)25-18-8-4-2-6-15(18)13-22/h2-12H,14H2,1H3,(H,23,25)(H,24,26). The average Bonchev–Trinajstić information content (AvgIpc) is 2.72. The zero-order chi connectivity index (χ0) is 19.1. The van der Waals surface area contributed by atoms with Crippen LogP contribution in [0, 0.1) is 11.3 Å². The highest BCUT2D eigenvalue weighted by atomic mass is 16.5. The van der Waals surface area contributed by atoms with Crippen molar-refractivity contribution in [3.05, 3.63) is 83.7 Å². The molecule has 0 bridgehead atoms. The van der Waals surface area contributed by atoms with Crippen LogP contribution in [0.3, 0.4) is 0 Å². The fourth-order valence-corrected chi connectivity index (χ4v) is 2.59. The molecule has 0 saturated heterocycles. The lowest BCUT2D eigenvalue weighted by Gasteiger charge is -2.11. The van der Waals surface area contributed by atoms with Gasteiger partial charge in [-0.1, -0.05) is 30.3 Å². The van der Waals surface area contributed by atoms with Gasteiger partial charge in [0.2, 0.25) is 0 Å². The van der Waals surface area contributed by atoms with Crippen molar-refractivity contribution in [2.45, 2.75) is 6.54 Å². The van der Waals surface area contributed by atoms with Crippen LogP contribution in [-0.4, -0.2) is 18.0 Å². The molecular weight excluding hydrogens is 340 g/mol. The average molecular weight is 358 g/mol. The molecule has 0 atom stereocenters. The van der Waals surface area contributed by atoms with E-state index in [1.165, 1.54) is 0 Å². The normalized spacial score (nSPS) is 9.93. The molecule has 0 aliphatic heterocycles. The number of ether oxygens (including phenoxy) is 1. The van der Waals surface area contributed by atoms with Crippen LogP contribution in [0.5, 0.6) is 5.75 Å². The Hall–Kier alpha value is -3.85. The third kappa shape index (κ3) is 4.41. The van der Waals surface area contributed by atoms with Crippen molar-refractivity contribution in [1.82, 2.24) is 10.3 Å². The minimum absolute atomic E-state index is 0.282. The van der Waals surface area contributed by atoms with Crippen LogP contribution in [-0.2, 0) is 6.54 Å². The first kappa shape index (κ1) is 18.0. The minimum atomic E-state index is -0.293. The molecule has 0 saturated carbocycles. The van der Waals surface area contributed by atoms with Gasteiger partial charge in [0.05, 0.1) is 18.4 Å². The second-order valence-corrected chi connectivity index (χ2v) is 5.71. The van der Waals surface area contributed by atoms with E-state index in [0.717, 1.165) is 5.56 Å². The monoisotopic (exact) mass is 358 g/mol. The summed E-state index contributed by atoms with van der Waals surface area (Å²) in [7, 11) is 1.59. The van der Waals surface area contributed by atoms with Gasteiger partial charge in [0, 0.05) is 24.0 Å². The zero-order valence-electron chi connectivity index (χ0n) is 14.8. The Kier molecular flexibility index (Phi) is 5.65. The Labute approximate surface area is 157 Å². The highest BCUT2D eigenvalue weighted by molar-refractivity contribution is 5.93. The maximum atomic E-state index is 12.5. The van der Waals surface area contributed by atoms with Crippen molar-refractivity contribution < 1.29 is 9.53 Å². The lowest BCUT2D eigenvalue weighted by molar-refractivity contribution is 0.0945. The number of pyridine rings is 1. The predicted octanol–water partition coefficient (Wildman–Crippen LogP) is 3.64. The molecule has 0 aliphatic rings. The molecule has 2 aromatic carbocycles. The number of carbonyl (C=O) groups excluding carboxylic acids is 1. The zero-order valence-corrected chi connectivity index (χ0v) is 14.8. The van der Waals surface area contributed by atoms with Crippen LogP contribution in [0.25, 0.3) is 0 Å². The number of benzene rings is 2. The van der Waals surface area contributed by atoms with Crippen LogP contribution >= 0.6 is 0 Å². The van der Waals surface area contributed by atoms with E-state index >= 15 is 0 Å². The number of anilines is 2. The first-order chi connectivity index (χ1) is 13.2. The van der Waals surface area contributed by atoms with E-state index in [1.807, 2.05) is 30.3 Å². The van der Waals surface area contributed by atoms with Gasteiger partial charge in [-0.3, -0.25) is 9.78 Å². The fourth-order valence-electron chi connectivity index (χ4n) is 2.59. The van der Waals surface area contributed by atoms with E-state index in [0.29, 0.717) is 29.2 Å². The van der Waals surface area contributed by atoms with Crippen molar-refractivity contribution in [3.63, 3.8) is 0 Å². The van der Waals surface area contributed by atoms with E-state index in [9.17, 15) is 10.1 Å². The number of rotatable bonds is 6. The summed E-state index contributed by atoms with van der Waals surface area (Å²) >= 11 is 0. The molecule has 27 heavy (non-hydrogen) atoms. The van der Waals surface area contributed by atoms with Gasteiger partial charge < -0.3 is 15.4 Å². The Bertz CT molecular complexity index is 995. The van der Waals surface area contributed by atoms with Gasteiger partial charge in [0.15, 0.2) is 0 Å². The van der Waals surface area contributed by atoms with Crippen LogP contribution in [0.2, 0.25) is 0 Å². The topological polar surface area (TPSA) is 87.0 Å². The van der Waals surface area contributed by atoms with Crippen molar-refractivity contribution in [3.8, 4) is 11.8 Å². The number of hydrogen-bond acceptors (Lipinski definition) is 5. The van der Waals surface area contributed by atoms with Crippen molar-refractivity contribution in [2.24, 2.45) is 0 Å². The number of para-hydroxylation sites is 2. The number of hydrogen-bond donors (Lipinski definition) is 2. The fraction of sp³-hybridized carbons (Fsp3) is 0.0952. The molecule has 6 heteroatoms. The number of methoxy groups -OCH3 is 1. The molecule has 134 valence electrons. The summed E-state index contributed by atoms with van der Waals surface area (Å²) in [6, 6.07) is 20.2.